The Kier molecular flexibility index (Phi) is 3.74. The molecule has 1 amide bonds. The molecule has 6 heteroatoms. The molecule has 2 aliphatic rings. The zero-order chi connectivity index (χ0) is 14.1. The second kappa shape index (κ2) is 5.52. The molecule has 1 aromatic heterocycles. The van der Waals surface area contributed by atoms with Gasteiger partial charge in [0.05, 0.1) is 6.04 Å². The first-order valence-corrected chi connectivity index (χ1v) is 7.60. The second-order valence-electron chi connectivity index (χ2n) is 5.81. The molecule has 0 aliphatic carbocycles. The molecule has 0 bridgehead atoms. The van der Waals surface area contributed by atoms with Gasteiger partial charge in [-0.25, -0.2) is 0 Å². The van der Waals surface area contributed by atoms with Crippen molar-refractivity contribution in [3.63, 3.8) is 0 Å². The Hall–Kier alpha value is -1.43. The maximum Gasteiger partial charge on any atom is 0.295 e. The summed E-state index contributed by atoms with van der Waals surface area (Å²) in [4.78, 5) is 18.8. The van der Waals surface area contributed by atoms with Crippen LogP contribution >= 0.6 is 0 Å². The van der Waals surface area contributed by atoms with E-state index in [2.05, 4.69) is 29.3 Å². The molecular weight excluding hydrogens is 256 g/mol. The molecule has 0 saturated carbocycles. The van der Waals surface area contributed by atoms with E-state index in [1.54, 1.807) is 0 Å². The first kappa shape index (κ1) is 13.5. The van der Waals surface area contributed by atoms with Gasteiger partial charge in [0.2, 0.25) is 5.89 Å². The molecule has 3 unspecified atom stereocenters. The molecule has 2 saturated heterocycles. The zero-order valence-corrected chi connectivity index (χ0v) is 12.1. The Labute approximate surface area is 118 Å². The summed E-state index contributed by atoms with van der Waals surface area (Å²) in [5.74, 6) is 0.668. The van der Waals surface area contributed by atoms with Gasteiger partial charge in [0.1, 0.15) is 0 Å². The van der Waals surface area contributed by atoms with E-state index in [0.29, 0.717) is 11.9 Å². The van der Waals surface area contributed by atoms with E-state index in [-0.39, 0.29) is 23.8 Å². The molecule has 0 radical (unpaired) electrons. The fourth-order valence-electron chi connectivity index (χ4n) is 3.31. The van der Waals surface area contributed by atoms with Crippen molar-refractivity contribution in [1.82, 2.24) is 20.4 Å². The van der Waals surface area contributed by atoms with Crippen LogP contribution in [0, 0.1) is 0 Å². The average molecular weight is 278 g/mol. The topological polar surface area (TPSA) is 71.3 Å². The van der Waals surface area contributed by atoms with Crippen LogP contribution < -0.4 is 5.32 Å². The van der Waals surface area contributed by atoms with Crippen LogP contribution in [0.4, 0.5) is 0 Å². The number of carbonyl (C=O) groups excluding carboxylic acids is 1. The van der Waals surface area contributed by atoms with Gasteiger partial charge in [-0.3, -0.25) is 4.79 Å². The lowest BCUT2D eigenvalue weighted by Crippen LogP contribution is -2.40. The predicted molar refractivity (Wildman–Crippen MR) is 73.2 cm³/mol. The van der Waals surface area contributed by atoms with Gasteiger partial charge in [-0.1, -0.05) is 12.1 Å². The Morgan fingerprint density at radius 2 is 2.30 bits per heavy atom. The normalized spacial score (nSPS) is 30.1. The highest BCUT2D eigenvalue weighted by Gasteiger charge is 2.36. The van der Waals surface area contributed by atoms with Crippen LogP contribution in [0.2, 0.25) is 0 Å². The van der Waals surface area contributed by atoms with Crippen molar-refractivity contribution in [3.05, 3.63) is 11.7 Å². The lowest BCUT2D eigenvalue weighted by atomic mass is 10.1. The number of nitrogens with one attached hydrogen (secondary N) is 1. The molecule has 2 aliphatic heterocycles. The summed E-state index contributed by atoms with van der Waals surface area (Å²) in [6, 6.07) is 0.685. The summed E-state index contributed by atoms with van der Waals surface area (Å²) in [5, 5.41) is 7.19. The third-order valence-corrected chi connectivity index (χ3v) is 4.48. The lowest BCUT2D eigenvalue weighted by molar-refractivity contribution is 0.0660. The average Bonchev–Trinajstić information content (AvgIpc) is 3.17. The summed E-state index contributed by atoms with van der Waals surface area (Å²) in [6.07, 6.45) is 5.20. The van der Waals surface area contributed by atoms with Gasteiger partial charge in [-0.05, 0) is 45.6 Å². The van der Waals surface area contributed by atoms with Crippen molar-refractivity contribution < 1.29 is 9.32 Å². The van der Waals surface area contributed by atoms with Gasteiger partial charge >= 0.3 is 0 Å². The molecule has 0 spiro atoms. The van der Waals surface area contributed by atoms with Gasteiger partial charge in [0.25, 0.3) is 11.7 Å². The van der Waals surface area contributed by atoms with Gasteiger partial charge in [0, 0.05) is 12.1 Å². The molecule has 1 aromatic rings. The van der Waals surface area contributed by atoms with Crippen molar-refractivity contribution in [2.24, 2.45) is 0 Å². The van der Waals surface area contributed by atoms with E-state index >= 15 is 0 Å². The van der Waals surface area contributed by atoms with Crippen molar-refractivity contribution in [1.29, 1.82) is 0 Å². The van der Waals surface area contributed by atoms with Gasteiger partial charge < -0.3 is 14.7 Å². The number of hydrogen-bond acceptors (Lipinski definition) is 5. The van der Waals surface area contributed by atoms with Gasteiger partial charge in [0.15, 0.2) is 0 Å². The van der Waals surface area contributed by atoms with Crippen molar-refractivity contribution in [2.75, 3.05) is 6.54 Å². The molecule has 6 nitrogen and oxygen atoms in total. The van der Waals surface area contributed by atoms with Crippen LogP contribution in [0.5, 0.6) is 0 Å². The number of likely N-dealkylation sites (tertiary alicyclic amines) is 1. The number of amides is 1. The Bertz CT molecular complexity index is 481. The van der Waals surface area contributed by atoms with Crippen LogP contribution in [0.3, 0.4) is 0 Å². The molecule has 1 N–H and O–H groups in total. The quantitative estimate of drug-likeness (QED) is 0.914. The van der Waals surface area contributed by atoms with E-state index in [4.69, 9.17) is 4.52 Å². The van der Waals surface area contributed by atoms with Crippen LogP contribution in [-0.2, 0) is 0 Å². The van der Waals surface area contributed by atoms with Gasteiger partial charge in [-0.2, -0.15) is 4.98 Å². The Balaban J connectivity index is 1.76. The predicted octanol–water partition coefficient (Wildman–Crippen LogP) is 1.90. The highest BCUT2D eigenvalue weighted by molar-refractivity contribution is 5.91. The third kappa shape index (κ3) is 2.32. The highest BCUT2D eigenvalue weighted by Crippen LogP contribution is 2.28. The minimum Gasteiger partial charge on any atom is -0.337 e. The molecule has 110 valence electrons. The smallest absolute Gasteiger partial charge is 0.295 e. The highest BCUT2D eigenvalue weighted by atomic mass is 16.5. The molecule has 3 rings (SSSR count). The van der Waals surface area contributed by atoms with Crippen LogP contribution in [-0.4, -0.2) is 39.6 Å². The Morgan fingerprint density at radius 1 is 1.45 bits per heavy atom. The first-order chi connectivity index (χ1) is 9.70. The minimum absolute atomic E-state index is 0.0881. The molecule has 3 heterocycles. The molecular formula is C14H22N4O2. The van der Waals surface area contributed by atoms with E-state index < -0.39 is 0 Å². The van der Waals surface area contributed by atoms with E-state index in [1.165, 1.54) is 0 Å². The molecule has 3 atom stereocenters. The van der Waals surface area contributed by atoms with Crippen LogP contribution in [0.25, 0.3) is 0 Å². The number of hydrogen-bond donors (Lipinski definition) is 1. The van der Waals surface area contributed by atoms with Crippen LogP contribution in [0.15, 0.2) is 4.52 Å². The zero-order valence-electron chi connectivity index (χ0n) is 12.1. The number of nitrogens with zero attached hydrogens (tertiary/aromatic N) is 3. The fourth-order valence-corrected chi connectivity index (χ4v) is 3.31. The molecule has 0 aromatic carbocycles. The van der Waals surface area contributed by atoms with Crippen molar-refractivity contribution in [2.45, 2.75) is 64.1 Å². The lowest BCUT2D eigenvalue weighted by Gasteiger charge is -2.26. The fraction of sp³-hybridized carbons (Fsp3) is 0.786. The van der Waals surface area contributed by atoms with E-state index in [9.17, 15) is 4.79 Å². The second-order valence-corrected chi connectivity index (χ2v) is 5.81. The number of aromatic nitrogens is 2. The van der Waals surface area contributed by atoms with Crippen molar-refractivity contribution >= 4 is 5.91 Å². The summed E-state index contributed by atoms with van der Waals surface area (Å²) in [5.41, 5.74) is 0. The summed E-state index contributed by atoms with van der Waals surface area (Å²) in [7, 11) is 0. The molecule has 20 heavy (non-hydrogen) atoms. The standard InChI is InChI=1S/C14H22N4O2/c1-3-10-7-6-9(2)18(10)14(19)12-16-13(20-17-12)11-5-4-8-15-11/h9-11,15H,3-8H2,1-2H3. The Morgan fingerprint density at radius 3 is 3.00 bits per heavy atom. The largest absolute Gasteiger partial charge is 0.337 e. The SMILES string of the molecule is CCC1CCC(C)N1C(=O)c1noc(C2CCCN2)n1. The third-order valence-electron chi connectivity index (χ3n) is 4.48. The summed E-state index contributed by atoms with van der Waals surface area (Å²) < 4.78 is 5.26. The summed E-state index contributed by atoms with van der Waals surface area (Å²) >= 11 is 0. The number of rotatable bonds is 3. The van der Waals surface area contributed by atoms with Crippen molar-refractivity contribution in [3.8, 4) is 0 Å². The summed E-state index contributed by atoms with van der Waals surface area (Å²) in [6.45, 7) is 5.18. The maximum absolute atomic E-state index is 12.6. The first-order valence-electron chi connectivity index (χ1n) is 7.60. The molecule has 2 fully saturated rings. The van der Waals surface area contributed by atoms with Gasteiger partial charge in [-0.15, -0.1) is 0 Å². The van der Waals surface area contributed by atoms with E-state index in [0.717, 1.165) is 38.6 Å². The minimum atomic E-state index is -0.0881. The van der Waals surface area contributed by atoms with Crippen LogP contribution in [0.1, 0.15) is 68.5 Å². The van der Waals surface area contributed by atoms with E-state index in [1.807, 2.05) is 4.90 Å². The number of carbonyl (C=O) groups is 1. The monoisotopic (exact) mass is 278 g/mol. The maximum atomic E-state index is 12.6.